The number of aryl methyl sites for hydroxylation is 2. The predicted molar refractivity (Wildman–Crippen MR) is 97.0 cm³/mol. The van der Waals surface area contributed by atoms with Crippen LogP contribution in [0.2, 0.25) is 0 Å². The first kappa shape index (κ1) is 18.8. The fraction of sp³-hybridized carbons (Fsp3) is 0.529. The first-order valence-corrected chi connectivity index (χ1v) is 9.40. The number of methoxy groups -OCH3 is 1. The smallest absolute Gasteiger partial charge is 0.311 e. The summed E-state index contributed by atoms with van der Waals surface area (Å²) in [6.45, 7) is 2.68. The Bertz CT molecular complexity index is 795. The number of carbonyl (C=O) groups excluding carboxylic acids is 1. The van der Waals surface area contributed by atoms with Crippen molar-refractivity contribution in [2.75, 3.05) is 20.3 Å². The molecule has 9 heteroatoms. The van der Waals surface area contributed by atoms with E-state index in [0.717, 1.165) is 22.8 Å². The third kappa shape index (κ3) is 3.88. The lowest BCUT2D eigenvalue weighted by molar-refractivity contribution is -0.152. The van der Waals surface area contributed by atoms with Crippen molar-refractivity contribution in [3.8, 4) is 17.1 Å². The van der Waals surface area contributed by atoms with Crippen LogP contribution < -0.4 is 4.74 Å². The van der Waals surface area contributed by atoms with Gasteiger partial charge in [-0.05, 0) is 19.1 Å². The molecule has 0 spiro atoms. The second-order valence-electron chi connectivity index (χ2n) is 6.16. The molecule has 0 aromatic carbocycles. The molecule has 8 nitrogen and oxygen atoms in total. The van der Waals surface area contributed by atoms with Gasteiger partial charge in [-0.25, -0.2) is 4.98 Å². The minimum atomic E-state index is -0.299. The van der Waals surface area contributed by atoms with Gasteiger partial charge in [-0.3, -0.25) is 9.48 Å². The number of pyridine rings is 1. The van der Waals surface area contributed by atoms with Gasteiger partial charge in [-0.1, -0.05) is 21.1 Å². The summed E-state index contributed by atoms with van der Waals surface area (Å²) in [6.07, 6.45) is 0.347. The van der Waals surface area contributed by atoms with Crippen molar-refractivity contribution in [3.05, 3.63) is 23.5 Å². The fourth-order valence-corrected chi connectivity index (χ4v) is 3.55. The summed E-state index contributed by atoms with van der Waals surface area (Å²) in [5, 5.41) is 8.88. The summed E-state index contributed by atoms with van der Waals surface area (Å²) >= 11 is 3.45. The van der Waals surface area contributed by atoms with E-state index < -0.39 is 0 Å². The number of esters is 1. The Balaban J connectivity index is 1.75. The SMILES string of the molecule is COC(=O)[C@H]1COC[C@H](Oc2ccc(-c3nnn(C)c3CBr)nc2C)C1. The summed E-state index contributed by atoms with van der Waals surface area (Å²) in [5.41, 5.74) is 3.18. The molecular formula is C17H21BrN4O4. The van der Waals surface area contributed by atoms with Crippen molar-refractivity contribution in [3.63, 3.8) is 0 Å². The Morgan fingerprint density at radius 2 is 2.23 bits per heavy atom. The van der Waals surface area contributed by atoms with Gasteiger partial charge < -0.3 is 14.2 Å². The number of nitrogens with zero attached hydrogens (tertiary/aromatic N) is 4. The van der Waals surface area contributed by atoms with E-state index >= 15 is 0 Å². The van der Waals surface area contributed by atoms with E-state index in [1.54, 1.807) is 4.68 Å². The molecule has 0 N–H and O–H groups in total. The number of carbonyl (C=O) groups is 1. The Morgan fingerprint density at radius 1 is 1.42 bits per heavy atom. The quantitative estimate of drug-likeness (QED) is 0.535. The van der Waals surface area contributed by atoms with E-state index in [0.29, 0.717) is 30.7 Å². The zero-order valence-electron chi connectivity index (χ0n) is 14.9. The summed E-state index contributed by atoms with van der Waals surface area (Å²) in [7, 11) is 3.23. The first-order chi connectivity index (χ1) is 12.5. The lowest BCUT2D eigenvalue weighted by atomic mass is 10.0. The second-order valence-corrected chi connectivity index (χ2v) is 6.72. The number of hydrogen-bond acceptors (Lipinski definition) is 7. The number of alkyl halides is 1. The second kappa shape index (κ2) is 8.13. The van der Waals surface area contributed by atoms with Crippen LogP contribution in [0.3, 0.4) is 0 Å². The minimum Gasteiger partial charge on any atom is -0.486 e. The van der Waals surface area contributed by atoms with Crippen LogP contribution >= 0.6 is 15.9 Å². The van der Waals surface area contributed by atoms with Crippen molar-refractivity contribution >= 4 is 21.9 Å². The average Bonchev–Trinajstić information content (AvgIpc) is 3.03. The van der Waals surface area contributed by atoms with Gasteiger partial charge >= 0.3 is 5.97 Å². The topological polar surface area (TPSA) is 88.4 Å². The number of rotatable bonds is 5. The molecule has 3 rings (SSSR count). The fourth-order valence-electron chi connectivity index (χ4n) is 2.92. The van der Waals surface area contributed by atoms with E-state index in [-0.39, 0.29) is 18.0 Å². The zero-order valence-corrected chi connectivity index (χ0v) is 16.5. The number of hydrogen-bond donors (Lipinski definition) is 0. The molecule has 2 aromatic heterocycles. The van der Waals surface area contributed by atoms with E-state index in [2.05, 4.69) is 31.2 Å². The highest BCUT2D eigenvalue weighted by Crippen LogP contribution is 2.27. The molecule has 1 saturated heterocycles. The molecule has 0 radical (unpaired) electrons. The minimum absolute atomic E-state index is 0.214. The highest BCUT2D eigenvalue weighted by Gasteiger charge is 2.30. The van der Waals surface area contributed by atoms with Crippen LogP contribution in [0.5, 0.6) is 5.75 Å². The van der Waals surface area contributed by atoms with Crippen LogP contribution in [0.4, 0.5) is 0 Å². The maximum atomic E-state index is 11.7. The lowest BCUT2D eigenvalue weighted by Crippen LogP contribution is -2.37. The van der Waals surface area contributed by atoms with Gasteiger partial charge in [-0.15, -0.1) is 5.10 Å². The molecule has 0 unspecified atom stereocenters. The zero-order chi connectivity index (χ0) is 18.7. The van der Waals surface area contributed by atoms with Crippen molar-refractivity contribution in [1.82, 2.24) is 20.0 Å². The van der Waals surface area contributed by atoms with Crippen LogP contribution in [0, 0.1) is 12.8 Å². The molecule has 1 fully saturated rings. The molecule has 1 aliphatic rings. The van der Waals surface area contributed by atoms with E-state index in [4.69, 9.17) is 14.2 Å². The van der Waals surface area contributed by atoms with Gasteiger partial charge in [0.1, 0.15) is 17.5 Å². The van der Waals surface area contributed by atoms with Crippen molar-refractivity contribution < 1.29 is 19.0 Å². The van der Waals surface area contributed by atoms with Crippen LogP contribution in [0.25, 0.3) is 11.4 Å². The van der Waals surface area contributed by atoms with Crippen molar-refractivity contribution in [2.45, 2.75) is 24.8 Å². The average molecular weight is 425 g/mol. The summed E-state index contributed by atoms with van der Waals surface area (Å²) in [4.78, 5) is 16.3. The van der Waals surface area contributed by atoms with Gasteiger partial charge in [0, 0.05) is 18.8 Å². The number of aromatic nitrogens is 4. The largest absolute Gasteiger partial charge is 0.486 e. The molecule has 140 valence electrons. The van der Waals surface area contributed by atoms with Gasteiger partial charge in [0.2, 0.25) is 0 Å². The molecule has 0 amide bonds. The number of halogens is 1. The summed E-state index contributed by atoms with van der Waals surface area (Å²) < 4.78 is 18.0. The number of ether oxygens (including phenoxy) is 3. The van der Waals surface area contributed by atoms with E-state index in [1.807, 2.05) is 26.1 Å². The van der Waals surface area contributed by atoms with E-state index in [9.17, 15) is 4.79 Å². The molecule has 0 bridgehead atoms. The van der Waals surface area contributed by atoms with Crippen LogP contribution in [0.1, 0.15) is 17.8 Å². The Morgan fingerprint density at radius 3 is 2.92 bits per heavy atom. The maximum absolute atomic E-state index is 11.7. The molecule has 0 saturated carbocycles. The van der Waals surface area contributed by atoms with Crippen molar-refractivity contribution in [2.24, 2.45) is 13.0 Å². The normalized spacial score (nSPS) is 20.0. The van der Waals surface area contributed by atoms with E-state index in [1.165, 1.54) is 7.11 Å². The van der Waals surface area contributed by atoms with Crippen LogP contribution in [-0.4, -0.2) is 52.4 Å². The Labute approximate surface area is 160 Å². The molecule has 0 aliphatic carbocycles. The van der Waals surface area contributed by atoms with Gasteiger partial charge in [0.15, 0.2) is 0 Å². The predicted octanol–water partition coefficient (Wildman–Crippen LogP) is 2.04. The van der Waals surface area contributed by atoms with Gasteiger partial charge in [-0.2, -0.15) is 0 Å². The third-order valence-electron chi connectivity index (χ3n) is 4.35. The summed E-state index contributed by atoms with van der Waals surface area (Å²) in [5.74, 6) is 0.0953. The summed E-state index contributed by atoms with van der Waals surface area (Å²) in [6, 6.07) is 3.73. The standard InChI is InChI=1S/C17H21BrN4O4/c1-10-15(26-12-6-11(8-25-9-12)17(23)24-3)5-4-13(19-10)16-14(7-18)22(2)21-20-16/h4-5,11-12H,6-9H2,1-3H3/t11-,12-/m1/s1. The highest BCUT2D eigenvalue weighted by atomic mass is 79.9. The third-order valence-corrected chi connectivity index (χ3v) is 4.88. The Hall–Kier alpha value is -2.00. The molecule has 2 atom stereocenters. The van der Waals surface area contributed by atoms with Crippen LogP contribution in [0.15, 0.2) is 12.1 Å². The molecular weight excluding hydrogens is 404 g/mol. The maximum Gasteiger partial charge on any atom is 0.311 e. The molecule has 3 heterocycles. The molecule has 26 heavy (non-hydrogen) atoms. The first-order valence-electron chi connectivity index (χ1n) is 8.28. The monoisotopic (exact) mass is 424 g/mol. The molecule has 2 aromatic rings. The Kier molecular flexibility index (Phi) is 5.87. The molecule has 1 aliphatic heterocycles. The van der Waals surface area contributed by atoms with Gasteiger partial charge in [0.25, 0.3) is 0 Å². The highest BCUT2D eigenvalue weighted by molar-refractivity contribution is 9.08. The van der Waals surface area contributed by atoms with Gasteiger partial charge in [0.05, 0.1) is 43.3 Å². The lowest BCUT2D eigenvalue weighted by Gasteiger charge is -2.28. The van der Waals surface area contributed by atoms with Crippen LogP contribution in [-0.2, 0) is 26.6 Å². The van der Waals surface area contributed by atoms with Crippen molar-refractivity contribution in [1.29, 1.82) is 0 Å².